The van der Waals surface area contributed by atoms with E-state index >= 15 is 0 Å². The Morgan fingerprint density at radius 3 is 2.75 bits per heavy atom. The summed E-state index contributed by atoms with van der Waals surface area (Å²) in [6.45, 7) is 0.289. The first-order valence-corrected chi connectivity index (χ1v) is 9.06. The number of nitrogens with zero attached hydrogens (tertiary/aromatic N) is 1. The van der Waals surface area contributed by atoms with Crippen LogP contribution in [0.3, 0.4) is 0 Å². The third kappa shape index (κ3) is 3.19. The molecule has 28 heavy (non-hydrogen) atoms. The zero-order valence-electron chi connectivity index (χ0n) is 15.4. The molecule has 144 valence electrons. The molecular formula is C21H20N2O5. The molecule has 2 heterocycles. The molecule has 1 aliphatic heterocycles. The maximum absolute atomic E-state index is 12.8. The van der Waals surface area contributed by atoms with Crippen LogP contribution in [0, 0.1) is 0 Å². The number of ether oxygens (including phenoxy) is 2. The number of carbonyl (C=O) groups is 3. The SMILES string of the molecule is COC(=O)[C@H]1CC=Cc2[nH]c3c(c21)C(=O)CN(C(=O)OCc1ccccc1)C3. The van der Waals surface area contributed by atoms with Crippen LogP contribution < -0.4 is 0 Å². The van der Waals surface area contributed by atoms with Crippen molar-refractivity contribution in [1.82, 2.24) is 9.88 Å². The van der Waals surface area contributed by atoms with Crippen molar-refractivity contribution >= 4 is 23.9 Å². The highest BCUT2D eigenvalue weighted by molar-refractivity contribution is 6.05. The fourth-order valence-electron chi connectivity index (χ4n) is 3.76. The zero-order valence-corrected chi connectivity index (χ0v) is 15.4. The van der Waals surface area contributed by atoms with Gasteiger partial charge in [-0.3, -0.25) is 14.5 Å². The van der Waals surface area contributed by atoms with Crippen LogP contribution >= 0.6 is 0 Å². The summed E-state index contributed by atoms with van der Waals surface area (Å²) >= 11 is 0. The summed E-state index contributed by atoms with van der Waals surface area (Å²) in [7, 11) is 1.34. The number of esters is 1. The van der Waals surface area contributed by atoms with Crippen LogP contribution in [0.5, 0.6) is 0 Å². The second kappa shape index (κ2) is 7.34. The van der Waals surface area contributed by atoms with Gasteiger partial charge in [0.2, 0.25) is 0 Å². The predicted octanol–water partition coefficient (Wildman–Crippen LogP) is 3.02. The first-order valence-electron chi connectivity index (χ1n) is 9.06. The average Bonchev–Trinajstić information content (AvgIpc) is 3.11. The van der Waals surface area contributed by atoms with E-state index in [1.54, 1.807) is 0 Å². The standard InChI is InChI=1S/C21H20N2O5/c1-27-20(25)14-8-5-9-15-18(14)19-16(22-15)10-23(11-17(19)24)21(26)28-12-13-6-3-2-4-7-13/h2-7,9,14,22H,8,10-12H2,1H3/t14-/m0/s1. The Hall–Kier alpha value is -3.35. The number of hydrogen-bond acceptors (Lipinski definition) is 5. The molecule has 1 aromatic carbocycles. The smallest absolute Gasteiger partial charge is 0.410 e. The van der Waals surface area contributed by atoms with E-state index in [-0.39, 0.29) is 31.4 Å². The summed E-state index contributed by atoms with van der Waals surface area (Å²) in [4.78, 5) is 42.0. The van der Waals surface area contributed by atoms with E-state index in [4.69, 9.17) is 9.47 Å². The minimum Gasteiger partial charge on any atom is -0.469 e. The van der Waals surface area contributed by atoms with E-state index in [1.807, 2.05) is 42.5 Å². The molecule has 0 saturated heterocycles. The molecule has 1 N–H and O–H groups in total. The number of nitrogens with one attached hydrogen (secondary N) is 1. The molecule has 7 heteroatoms. The Kier molecular flexibility index (Phi) is 4.73. The summed E-state index contributed by atoms with van der Waals surface area (Å²) in [5, 5.41) is 0. The number of carbonyl (C=O) groups excluding carboxylic acids is 3. The fourth-order valence-corrected chi connectivity index (χ4v) is 3.76. The first-order chi connectivity index (χ1) is 13.6. The number of allylic oxidation sites excluding steroid dienone is 1. The van der Waals surface area contributed by atoms with Crippen molar-refractivity contribution in [3.63, 3.8) is 0 Å². The lowest BCUT2D eigenvalue weighted by Crippen LogP contribution is -2.40. The predicted molar refractivity (Wildman–Crippen MR) is 101 cm³/mol. The molecule has 0 bridgehead atoms. The van der Waals surface area contributed by atoms with Gasteiger partial charge < -0.3 is 14.5 Å². The van der Waals surface area contributed by atoms with Crippen LogP contribution in [0.1, 0.15) is 45.2 Å². The van der Waals surface area contributed by atoms with Crippen molar-refractivity contribution in [2.45, 2.75) is 25.5 Å². The van der Waals surface area contributed by atoms with Gasteiger partial charge in [-0.1, -0.05) is 36.4 Å². The van der Waals surface area contributed by atoms with Gasteiger partial charge in [-0.2, -0.15) is 0 Å². The number of fused-ring (bicyclic) bond motifs is 3. The van der Waals surface area contributed by atoms with E-state index in [0.29, 0.717) is 23.2 Å². The molecule has 2 aromatic rings. The molecule has 0 radical (unpaired) electrons. The summed E-state index contributed by atoms with van der Waals surface area (Å²) in [6.07, 6.45) is 3.68. The second-order valence-corrected chi connectivity index (χ2v) is 6.84. The largest absolute Gasteiger partial charge is 0.469 e. The van der Waals surface area contributed by atoms with Crippen LogP contribution in [0.4, 0.5) is 4.79 Å². The normalized spacial score (nSPS) is 17.7. The highest BCUT2D eigenvalue weighted by Crippen LogP contribution is 2.37. The quantitative estimate of drug-likeness (QED) is 0.827. The van der Waals surface area contributed by atoms with Crippen LogP contribution in [0.2, 0.25) is 0 Å². The van der Waals surface area contributed by atoms with Crippen molar-refractivity contribution in [3.8, 4) is 0 Å². The summed E-state index contributed by atoms with van der Waals surface area (Å²) < 4.78 is 10.2. The number of H-pyrrole nitrogens is 1. The van der Waals surface area contributed by atoms with Gasteiger partial charge in [-0.25, -0.2) is 4.79 Å². The lowest BCUT2D eigenvalue weighted by atomic mass is 9.86. The Bertz CT molecular complexity index is 961. The average molecular weight is 380 g/mol. The Morgan fingerprint density at radius 1 is 1.21 bits per heavy atom. The minimum absolute atomic E-state index is 0.0808. The first kappa shape index (κ1) is 18.0. The molecule has 1 amide bonds. The maximum atomic E-state index is 12.8. The molecule has 1 atom stereocenters. The molecule has 0 unspecified atom stereocenters. The van der Waals surface area contributed by atoms with Gasteiger partial charge in [0.25, 0.3) is 0 Å². The Labute approximate surface area is 161 Å². The Morgan fingerprint density at radius 2 is 2.00 bits per heavy atom. The topological polar surface area (TPSA) is 88.7 Å². The number of ketones is 1. The number of Topliss-reactive ketones (excluding diaryl/α,β-unsaturated/α-hetero) is 1. The van der Waals surface area contributed by atoms with E-state index in [2.05, 4.69) is 4.98 Å². The molecule has 7 nitrogen and oxygen atoms in total. The van der Waals surface area contributed by atoms with Crippen LogP contribution in [0.15, 0.2) is 36.4 Å². The number of benzene rings is 1. The summed E-state index contributed by atoms with van der Waals surface area (Å²) in [5.74, 6) is -1.09. The van der Waals surface area contributed by atoms with Crippen LogP contribution in [-0.2, 0) is 27.4 Å². The number of amides is 1. The van der Waals surface area contributed by atoms with Gasteiger partial charge in [0.05, 0.1) is 26.1 Å². The molecule has 1 aromatic heterocycles. The number of aromatic amines is 1. The van der Waals surface area contributed by atoms with Gasteiger partial charge in [0.15, 0.2) is 5.78 Å². The van der Waals surface area contributed by atoms with Crippen molar-refractivity contribution in [1.29, 1.82) is 0 Å². The maximum Gasteiger partial charge on any atom is 0.410 e. The zero-order chi connectivity index (χ0) is 19.7. The molecule has 0 fully saturated rings. The van der Waals surface area contributed by atoms with Crippen molar-refractivity contribution < 1.29 is 23.9 Å². The van der Waals surface area contributed by atoms with Gasteiger partial charge >= 0.3 is 12.1 Å². The number of methoxy groups -OCH3 is 1. The molecule has 0 saturated carbocycles. The monoisotopic (exact) mass is 380 g/mol. The lowest BCUT2D eigenvalue weighted by molar-refractivity contribution is -0.142. The highest BCUT2D eigenvalue weighted by Gasteiger charge is 2.37. The molecular weight excluding hydrogens is 360 g/mol. The van der Waals surface area contributed by atoms with Crippen molar-refractivity contribution in [2.75, 3.05) is 13.7 Å². The number of aromatic nitrogens is 1. The third-order valence-electron chi connectivity index (χ3n) is 5.06. The minimum atomic E-state index is -0.546. The molecule has 2 aliphatic rings. The molecule has 4 rings (SSSR count). The summed E-state index contributed by atoms with van der Waals surface area (Å²) in [5.41, 5.74) is 3.40. The molecule has 1 aliphatic carbocycles. The lowest BCUT2D eigenvalue weighted by Gasteiger charge is -2.26. The van der Waals surface area contributed by atoms with Gasteiger partial charge in [-0.05, 0) is 18.1 Å². The van der Waals surface area contributed by atoms with Crippen molar-refractivity contribution in [2.24, 2.45) is 0 Å². The van der Waals surface area contributed by atoms with E-state index < -0.39 is 12.0 Å². The fraction of sp³-hybridized carbons (Fsp3) is 0.286. The van der Waals surface area contributed by atoms with Crippen molar-refractivity contribution in [3.05, 3.63) is 64.5 Å². The Balaban J connectivity index is 1.54. The van der Waals surface area contributed by atoms with Crippen LogP contribution in [0.25, 0.3) is 6.08 Å². The van der Waals surface area contributed by atoms with E-state index in [9.17, 15) is 14.4 Å². The van der Waals surface area contributed by atoms with Gasteiger partial charge in [0, 0.05) is 22.5 Å². The summed E-state index contributed by atoms with van der Waals surface area (Å²) in [6, 6.07) is 9.36. The number of rotatable bonds is 3. The van der Waals surface area contributed by atoms with E-state index in [0.717, 1.165) is 11.3 Å². The molecule has 0 spiro atoms. The second-order valence-electron chi connectivity index (χ2n) is 6.84. The third-order valence-corrected chi connectivity index (χ3v) is 5.06. The van der Waals surface area contributed by atoms with E-state index in [1.165, 1.54) is 12.0 Å². The van der Waals surface area contributed by atoms with Crippen LogP contribution in [-0.4, -0.2) is 41.4 Å². The van der Waals surface area contributed by atoms with Gasteiger partial charge in [-0.15, -0.1) is 0 Å². The van der Waals surface area contributed by atoms with Gasteiger partial charge in [0.1, 0.15) is 6.61 Å². The number of hydrogen-bond donors (Lipinski definition) is 1. The highest BCUT2D eigenvalue weighted by atomic mass is 16.6.